The summed E-state index contributed by atoms with van der Waals surface area (Å²) in [6, 6.07) is 0. The van der Waals surface area contributed by atoms with Crippen LogP contribution < -0.4 is 5.32 Å². The minimum Gasteiger partial charge on any atom is -0.481 e. The second-order valence-corrected chi connectivity index (χ2v) is 6.53. The lowest BCUT2D eigenvalue weighted by molar-refractivity contribution is -0.146. The van der Waals surface area contributed by atoms with Gasteiger partial charge in [0.1, 0.15) is 0 Å². The molecule has 2 N–H and O–H groups in total. The zero-order valence-electron chi connectivity index (χ0n) is 11.9. The molecule has 0 aromatic carbocycles. The van der Waals surface area contributed by atoms with Crippen molar-refractivity contribution in [2.75, 3.05) is 18.1 Å². The summed E-state index contributed by atoms with van der Waals surface area (Å²) in [5.41, 5.74) is 0. The Morgan fingerprint density at radius 1 is 1.26 bits per heavy atom. The molecule has 5 heteroatoms. The molecule has 1 aliphatic rings. The zero-order chi connectivity index (χ0) is 14.3. The summed E-state index contributed by atoms with van der Waals surface area (Å²) in [6.45, 7) is 4.83. The topological polar surface area (TPSA) is 66.4 Å². The molecular formula is C14H25NO3S. The van der Waals surface area contributed by atoms with E-state index in [0.29, 0.717) is 18.9 Å². The Morgan fingerprint density at radius 2 is 1.95 bits per heavy atom. The van der Waals surface area contributed by atoms with Crippen molar-refractivity contribution in [3.8, 4) is 0 Å². The minimum atomic E-state index is -0.822. The highest BCUT2D eigenvalue weighted by atomic mass is 32.2. The number of carbonyl (C=O) groups is 2. The number of nitrogens with one attached hydrogen (secondary N) is 1. The van der Waals surface area contributed by atoms with Crippen LogP contribution in [0.2, 0.25) is 0 Å². The molecule has 3 atom stereocenters. The maximum atomic E-state index is 12.1. The standard InChI is InChI=1S/C14H25NO3S/c1-3-10-8-11(12(9-10)14(17)18)13(16)15-6-5-7-19-4-2/h10-12H,3-9H2,1-2H3,(H,15,16)(H,17,18). The Kier molecular flexibility index (Phi) is 7.28. The maximum Gasteiger partial charge on any atom is 0.307 e. The highest BCUT2D eigenvalue weighted by Gasteiger charge is 2.41. The third-order valence-corrected chi connectivity index (χ3v) is 4.85. The van der Waals surface area contributed by atoms with Gasteiger partial charge in [0.15, 0.2) is 0 Å². The molecule has 0 heterocycles. The summed E-state index contributed by atoms with van der Waals surface area (Å²) in [5.74, 6) is 0.809. The Labute approximate surface area is 119 Å². The molecule has 0 bridgehead atoms. The zero-order valence-corrected chi connectivity index (χ0v) is 12.7. The van der Waals surface area contributed by atoms with E-state index in [-0.39, 0.29) is 11.8 Å². The fraction of sp³-hybridized carbons (Fsp3) is 0.857. The Hall–Kier alpha value is -0.710. The highest BCUT2D eigenvalue weighted by molar-refractivity contribution is 7.99. The first-order valence-electron chi connectivity index (χ1n) is 7.18. The SMILES string of the molecule is CCSCCCNC(=O)C1CC(CC)CC1C(=O)O. The molecule has 1 fully saturated rings. The lowest BCUT2D eigenvalue weighted by Gasteiger charge is -2.15. The minimum absolute atomic E-state index is 0.0650. The van der Waals surface area contributed by atoms with Gasteiger partial charge in [-0.15, -0.1) is 0 Å². The first-order chi connectivity index (χ1) is 9.10. The predicted octanol–water partition coefficient (Wildman–Crippen LogP) is 2.38. The molecule has 0 aromatic rings. The summed E-state index contributed by atoms with van der Waals surface area (Å²) in [7, 11) is 0. The van der Waals surface area contributed by atoms with E-state index in [2.05, 4.69) is 19.2 Å². The van der Waals surface area contributed by atoms with Gasteiger partial charge in [-0.1, -0.05) is 20.3 Å². The summed E-state index contributed by atoms with van der Waals surface area (Å²) < 4.78 is 0. The van der Waals surface area contributed by atoms with Crippen molar-refractivity contribution in [1.82, 2.24) is 5.32 Å². The van der Waals surface area contributed by atoms with Gasteiger partial charge in [0, 0.05) is 6.54 Å². The van der Waals surface area contributed by atoms with Crippen LogP contribution in [0.15, 0.2) is 0 Å². The number of hydrogen-bond donors (Lipinski definition) is 2. The van der Waals surface area contributed by atoms with Crippen LogP contribution in [0.5, 0.6) is 0 Å². The molecule has 110 valence electrons. The van der Waals surface area contributed by atoms with Crippen LogP contribution in [-0.2, 0) is 9.59 Å². The van der Waals surface area contributed by atoms with Gasteiger partial charge in [0.05, 0.1) is 11.8 Å². The quantitative estimate of drug-likeness (QED) is 0.673. The maximum absolute atomic E-state index is 12.1. The van der Waals surface area contributed by atoms with Gasteiger partial charge >= 0.3 is 5.97 Å². The van der Waals surface area contributed by atoms with Crippen molar-refractivity contribution in [2.24, 2.45) is 17.8 Å². The molecule has 0 radical (unpaired) electrons. The van der Waals surface area contributed by atoms with E-state index >= 15 is 0 Å². The average Bonchev–Trinajstić information content (AvgIpc) is 2.82. The number of carbonyl (C=O) groups excluding carboxylic acids is 1. The number of carboxylic acid groups (broad SMARTS) is 1. The summed E-state index contributed by atoms with van der Waals surface area (Å²) >= 11 is 1.86. The van der Waals surface area contributed by atoms with Crippen LogP contribution >= 0.6 is 11.8 Å². The van der Waals surface area contributed by atoms with E-state index in [1.54, 1.807) is 0 Å². The third kappa shape index (κ3) is 5.05. The van der Waals surface area contributed by atoms with Crippen LogP contribution in [0.25, 0.3) is 0 Å². The number of amides is 1. The molecule has 0 aromatic heterocycles. The molecule has 1 rings (SSSR count). The largest absolute Gasteiger partial charge is 0.481 e. The summed E-state index contributed by atoms with van der Waals surface area (Å²) in [5, 5.41) is 12.1. The molecule has 0 aliphatic heterocycles. The molecule has 1 aliphatic carbocycles. The monoisotopic (exact) mass is 287 g/mol. The molecule has 0 spiro atoms. The van der Waals surface area contributed by atoms with Crippen molar-refractivity contribution in [3.63, 3.8) is 0 Å². The van der Waals surface area contributed by atoms with Crippen molar-refractivity contribution >= 4 is 23.6 Å². The van der Waals surface area contributed by atoms with Gasteiger partial charge < -0.3 is 10.4 Å². The average molecular weight is 287 g/mol. The molecule has 1 saturated carbocycles. The van der Waals surface area contributed by atoms with Crippen LogP contribution in [0.4, 0.5) is 0 Å². The van der Waals surface area contributed by atoms with E-state index in [9.17, 15) is 14.7 Å². The molecule has 0 saturated heterocycles. The van der Waals surface area contributed by atoms with E-state index in [1.807, 2.05) is 11.8 Å². The second kappa shape index (κ2) is 8.46. The third-order valence-electron chi connectivity index (χ3n) is 3.86. The van der Waals surface area contributed by atoms with Crippen LogP contribution in [-0.4, -0.2) is 35.0 Å². The van der Waals surface area contributed by atoms with Gasteiger partial charge in [-0.25, -0.2) is 0 Å². The van der Waals surface area contributed by atoms with E-state index < -0.39 is 11.9 Å². The van der Waals surface area contributed by atoms with Gasteiger partial charge in [0.2, 0.25) is 5.91 Å². The summed E-state index contributed by atoms with van der Waals surface area (Å²) in [4.78, 5) is 23.3. The van der Waals surface area contributed by atoms with Crippen LogP contribution in [0.1, 0.15) is 39.5 Å². The van der Waals surface area contributed by atoms with E-state index in [4.69, 9.17) is 0 Å². The lowest BCUT2D eigenvalue weighted by Crippen LogP contribution is -2.35. The first-order valence-corrected chi connectivity index (χ1v) is 8.33. The fourth-order valence-corrected chi connectivity index (χ4v) is 3.34. The first kappa shape index (κ1) is 16.3. The second-order valence-electron chi connectivity index (χ2n) is 5.14. The molecular weight excluding hydrogens is 262 g/mol. The van der Waals surface area contributed by atoms with Gasteiger partial charge in [-0.2, -0.15) is 11.8 Å². The number of carboxylic acids is 1. The van der Waals surface area contributed by atoms with Crippen LogP contribution in [0.3, 0.4) is 0 Å². The number of hydrogen-bond acceptors (Lipinski definition) is 3. The summed E-state index contributed by atoms with van der Waals surface area (Å²) in [6.07, 6.45) is 3.28. The van der Waals surface area contributed by atoms with Crippen molar-refractivity contribution < 1.29 is 14.7 Å². The van der Waals surface area contributed by atoms with E-state index in [0.717, 1.165) is 30.8 Å². The fourth-order valence-electron chi connectivity index (χ4n) is 2.70. The number of aliphatic carboxylic acids is 1. The highest BCUT2D eigenvalue weighted by Crippen LogP contribution is 2.38. The Morgan fingerprint density at radius 3 is 2.53 bits per heavy atom. The van der Waals surface area contributed by atoms with Gasteiger partial charge in [0.25, 0.3) is 0 Å². The number of thioether (sulfide) groups is 1. The predicted molar refractivity (Wildman–Crippen MR) is 78.3 cm³/mol. The lowest BCUT2D eigenvalue weighted by atomic mass is 9.95. The smallest absolute Gasteiger partial charge is 0.307 e. The molecule has 19 heavy (non-hydrogen) atoms. The molecule has 3 unspecified atom stereocenters. The Balaban J connectivity index is 2.39. The molecule has 4 nitrogen and oxygen atoms in total. The number of rotatable bonds is 8. The van der Waals surface area contributed by atoms with Crippen molar-refractivity contribution in [1.29, 1.82) is 0 Å². The van der Waals surface area contributed by atoms with E-state index in [1.165, 1.54) is 0 Å². The normalized spacial score (nSPS) is 26.3. The van der Waals surface area contributed by atoms with Crippen molar-refractivity contribution in [3.05, 3.63) is 0 Å². The molecule has 1 amide bonds. The van der Waals surface area contributed by atoms with Crippen LogP contribution in [0, 0.1) is 17.8 Å². The van der Waals surface area contributed by atoms with Crippen molar-refractivity contribution in [2.45, 2.75) is 39.5 Å². The Bertz CT molecular complexity index is 309. The van der Waals surface area contributed by atoms with Gasteiger partial charge in [-0.3, -0.25) is 9.59 Å². The van der Waals surface area contributed by atoms with Gasteiger partial charge in [-0.05, 0) is 36.7 Å².